The van der Waals surface area contributed by atoms with E-state index < -0.39 is 0 Å². The molecule has 1 saturated carbocycles. The third-order valence-corrected chi connectivity index (χ3v) is 5.80. The fourth-order valence-electron chi connectivity index (χ4n) is 4.37. The second-order valence-electron chi connectivity index (χ2n) is 7.98. The Morgan fingerprint density at radius 2 is 1.85 bits per heavy atom. The van der Waals surface area contributed by atoms with Crippen LogP contribution in [0.3, 0.4) is 0 Å². The molecule has 1 unspecified atom stereocenters. The Hall–Kier alpha value is -2.33. The number of likely N-dealkylation sites (tertiary alicyclic amines) is 1. The summed E-state index contributed by atoms with van der Waals surface area (Å²) in [5, 5.41) is 3.09. The molecule has 0 bridgehead atoms. The van der Waals surface area contributed by atoms with E-state index in [2.05, 4.69) is 55.5 Å². The number of nitrogens with zero attached hydrogens (tertiary/aromatic N) is 2. The highest BCUT2D eigenvalue weighted by Crippen LogP contribution is 2.51. The first kappa shape index (κ1) is 17.1. The van der Waals surface area contributed by atoms with Crippen molar-refractivity contribution in [1.29, 1.82) is 0 Å². The van der Waals surface area contributed by atoms with Crippen LogP contribution in [0.5, 0.6) is 0 Å². The summed E-state index contributed by atoms with van der Waals surface area (Å²) in [5.41, 5.74) is 4.44. The number of hydrogen-bond acceptors (Lipinski definition) is 2. The smallest absolute Gasteiger partial charge is 0.321 e. The molecule has 1 aliphatic heterocycles. The number of urea groups is 1. The van der Waals surface area contributed by atoms with E-state index in [4.69, 9.17) is 0 Å². The van der Waals surface area contributed by atoms with E-state index in [1.807, 2.05) is 29.2 Å². The molecule has 4 nitrogen and oxygen atoms in total. The van der Waals surface area contributed by atoms with Crippen molar-refractivity contribution < 1.29 is 4.79 Å². The molecular weight excluding hydrogens is 322 g/mol. The number of amides is 2. The molecule has 0 aromatic heterocycles. The van der Waals surface area contributed by atoms with Crippen molar-refractivity contribution in [3.05, 3.63) is 54.1 Å². The summed E-state index contributed by atoms with van der Waals surface area (Å²) in [7, 11) is 4.25. The number of piperidine rings is 1. The van der Waals surface area contributed by atoms with Gasteiger partial charge >= 0.3 is 6.03 Å². The first-order valence-electron chi connectivity index (χ1n) is 9.39. The standard InChI is InChI=1S/C22H27N3O/c1-15-7-4-5-10-18(15)16-8-6-9-17(11-16)23-22(26)25-13-20-19(12-24(2)3)21(20)14-25/h4-11,19-21H,12-14H2,1-3H3,(H,23,26)/t19?,20-,21+. The summed E-state index contributed by atoms with van der Waals surface area (Å²) >= 11 is 0. The van der Waals surface area contributed by atoms with Gasteiger partial charge in [0, 0.05) is 25.3 Å². The average molecular weight is 349 g/mol. The van der Waals surface area contributed by atoms with Crippen LogP contribution in [0.1, 0.15) is 5.56 Å². The summed E-state index contributed by atoms with van der Waals surface area (Å²) in [6.45, 7) is 5.05. The molecule has 2 aromatic rings. The minimum Gasteiger partial charge on any atom is -0.324 e. The first-order valence-corrected chi connectivity index (χ1v) is 9.39. The SMILES string of the molecule is Cc1ccccc1-c1cccc(NC(=O)N2C[C@@H]3C(CN(C)C)[C@@H]3C2)c1. The van der Waals surface area contributed by atoms with Crippen LogP contribution in [-0.2, 0) is 0 Å². The molecule has 136 valence electrons. The normalized spacial score (nSPS) is 23.8. The summed E-state index contributed by atoms with van der Waals surface area (Å²) in [6.07, 6.45) is 0. The molecule has 4 rings (SSSR count). The zero-order valence-corrected chi connectivity index (χ0v) is 15.8. The fraction of sp³-hybridized carbons (Fsp3) is 0.409. The minimum absolute atomic E-state index is 0.0303. The van der Waals surface area contributed by atoms with Crippen molar-refractivity contribution in [2.24, 2.45) is 17.8 Å². The van der Waals surface area contributed by atoms with E-state index in [9.17, 15) is 4.79 Å². The highest BCUT2D eigenvalue weighted by Gasteiger charge is 2.56. The molecule has 2 fully saturated rings. The monoisotopic (exact) mass is 349 g/mol. The molecule has 1 N–H and O–H groups in total. The lowest BCUT2D eigenvalue weighted by molar-refractivity contribution is 0.212. The molecule has 1 heterocycles. The van der Waals surface area contributed by atoms with E-state index in [1.165, 1.54) is 11.1 Å². The van der Waals surface area contributed by atoms with Gasteiger partial charge in [0.2, 0.25) is 0 Å². The third kappa shape index (κ3) is 3.34. The second-order valence-corrected chi connectivity index (χ2v) is 7.98. The van der Waals surface area contributed by atoms with Gasteiger partial charge in [0.15, 0.2) is 0 Å². The number of benzene rings is 2. The zero-order chi connectivity index (χ0) is 18.3. The lowest BCUT2D eigenvalue weighted by Gasteiger charge is -2.21. The number of hydrogen-bond donors (Lipinski definition) is 1. The Bertz CT molecular complexity index is 805. The van der Waals surface area contributed by atoms with Crippen molar-refractivity contribution in [1.82, 2.24) is 9.80 Å². The third-order valence-electron chi connectivity index (χ3n) is 5.80. The Morgan fingerprint density at radius 1 is 1.12 bits per heavy atom. The predicted octanol–water partition coefficient (Wildman–Crippen LogP) is 3.93. The van der Waals surface area contributed by atoms with Gasteiger partial charge in [-0.3, -0.25) is 0 Å². The van der Waals surface area contributed by atoms with Gasteiger partial charge in [0.25, 0.3) is 0 Å². The van der Waals surface area contributed by atoms with Crippen LogP contribution in [0.15, 0.2) is 48.5 Å². The Balaban J connectivity index is 1.39. The molecule has 2 aromatic carbocycles. The van der Waals surface area contributed by atoms with Crippen molar-refractivity contribution in [2.45, 2.75) is 6.92 Å². The van der Waals surface area contributed by atoms with Crippen LogP contribution < -0.4 is 5.32 Å². The first-order chi connectivity index (χ1) is 12.5. The zero-order valence-electron chi connectivity index (χ0n) is 15.8. The maximum Gasteiger partial charge on any atom is 0.321 e. The maximum absolute atomic E-state index is 12.6. The number of rotatable bonds is 4. The van der Waals surface area contributed by atoms with Crippen molar-refractivity contribution in [3.63, 3.8) is 0 Å². The molecule has 1 saturated heterocycles. The molecular formula is C22H27N3O. The lowest BCUT2D eigenvalue weighted by atomic mass is 10.0. The predicted molar refractivity (Wildman–Crippen MR) is 106 cm³/mol. The van der Waals surface area contributed by atoms with Crippen LogP contribution in [-0.4, -0.2) is 49.6 Å². The lowest BCUT2D eigenvalue weighted by Crippen LogP contribution is -2.36. The van der Waals surface area contributed by atoms with Crippen molar-refractivity contribution in [3.8, 4) is 11.1 Å². The van der Waals surface area contributed by atoms with E-state index in [1.54, 1.807) is 0 Å². The van der Waals surface area contributed by atoms with E-state index in [0.29, 0.717) is 11.8 Å². The molecule has 2 amide bonds. The highest BCUT2D eigenvalue weighted by molar-refractivity contribution is 5.90. The van der Waals surface area contributed by atoms with Crippen molar-refractivity contribution in [2.75, 3.05) is 39.0 Å². The van der Waals surface area contributed by atoms with Gasteiger partial charge in [0.05, 0.1) is 0 Å². The topological polar surface area (TPSA) is 35.6 Å². The van der Waals surface area contributed by atoms with Gasteiger partial charge < -0.3 is 15.1 Å². The van der Waals surface area contributed by atoms with Gasteiger partial charge in [-0.25, -0.2) is 4.79 Å². The molecule has 0 radical (unpaired) electrons. The van der Waals surface area contributed by atoms with E-state index >= 15 is 0 Å². The largest absolute Gasteiger partial charge is 0.324 e. The van der Waals surface area contributed by atoms with Gasteiger partial charge in [-0.05, 0) is 67.6 Å². The van der Waals surface area contributed by atoms with Gasteiger partial charge in [-0.1, -0.05) is 36.4 Å². The molecule has 0 spiro atoms. The van der Waals surface area contributed by atoms with Crippen LogP contribution in [0, 0.1) is 24.7 Å². The number of carbonyl (C=O) groups excluding carboxylic acids is 1. The summed E-state index contributed by atoms with van der Waals surface area (Å²) < 4.78 is 0. The van der Waals surface area contributed by atoms with Gasteiger partial charge in [0.1, 0.15) is 0 Å². The molecule has 1 aliphatic carbocycles. The number of anilines is 1. The Morgan fingerprint density at radius 3 is 2.54 bits per heavy atom. The van der Waals surface area contributed by atoms with Gasteiger partial charge in [-0.2, -0.15) is 0 Å². The van der Waals surface area contributed by atoms with Crippen LogP contribution in [0.4, 0.5) is 10.5 Å². The Kier molecular flexibility index (Phi) is 4.45. The molecule has 26 heavy (non-hydrogen) atoms. The summed E-state index contributed by atoms with van der Waals surface area (Å²) in [6, 6.07) is 16.5. The fourth-order valence-corrected chi connectivity index (χ4v) is 4.37. The van der Waals surface area contributed by atoms with Gasteiger partial charge in [-0.15, -0.1) is 0 Å². The van der Waals surface area contributed by atoms with E-state index in [0.717, 1.165) is 36.8 Å². The maximum atomic E-state index is 12.6. The average Bonchev–Trinajstić information content (AvgIpc) is 3.04. The Labute approximate surface area is 155 Å². The molecule has 4 heteroatoms. The number of aryl methyl sites for hydroxylation is 1. The summed E-state index contributed by atoms with van der Waals surface area (Å²) in [5.74, 6) is 2.17. The summed E-state index contributed by atoms with van der Waals surface area (Å²) in [4.78, 5) is 16.9. The van der Waals surface area contributed by atoms with Crippen LogP contribution >= 0.6 is 0 Å². The number of fused-ring (bicyclic) bond motifs is 1. The highest BCUT2D eigenvalue weighted by atomic mass is 16.2. The molecule has 3 atom stereocenters. The van der Waals surface area contributed by atoms with E-state index in [-0.39, 0.29) is 6.03 Å². The number of carbonyl (C=O) groups is 1. The van der Waals surface area contributed by atoms with Crippen LogP contribution in [0.2, 0.25) is 0 Å². The van der Waals surface area contributed by atoms with Crippen molar-refractivity contribution >= 4 is 11.7 Å². The van der Waals surface area contributed by atoms with Crippen LogP contribution in [0.25, 0.3) is 11.1 Å². The second kappa shape index (κ2) is 6.76. The number of nitrogens with one attached hydrogen (secondary N) is 1. The molecule has 2 aliphatic rings. The minimum atomic E-state index is 0.0303. The quantitative estimate of drug-likeness (QED) is 0.908.